The van der Waals surface area contributed by atoms with E-state index in [4.69, 9.17) is 15.1 Å². The van der Waals surface area contributed by atoms with Gasteiger partial charge in [-0.1, -0.05) is 0 Å². The molecule has 13 heavy (non-hydrogen) atoms. The van der Waals surface area contributed by atoms with Crippen molar-refractivity contribution in [1.82, 2.24) is 0 Å². The fourth-order valence-electron chi connectivity index (χ4n) is 0.872. The monoisotopic (exact) mass is 213 g/mol. The predicted molar refractivity (Wildman–Crippen MR) is 38.4 cm³/mol. The van der Waals surface area contributed by atoms with Crippen LogP contribution in [0.15, 0.2) is 0 Å². The minimum Gasteiger partial charge on any atom is -0.711 e. The lowest BCUT2D eigenvalue weighted by molar-refractivity contribution is -0.222. The van der Waals surface area contributed by atoms with Crippen LogP contribution in [-0.2, 0) is 13.8 Å². The minimum absolute atomic E-state index is 0.473. The fourth-order valence-corrected chi connectivity index (χ4v) is 1.21. The lowest BCUT2D eigenvalue weighted by Crippen LogP contribution is -2.32. The van der Waals surface area contributed by atoms with E-state index in [0.29, 0.717) is 0 Å². The molecule has 7 nitrogen and oxygen atoms in total. The second-order valence-corrected chi connectivity index (χ2v) is 3.84. The van der Waals surface area contributed by atoms with Gasteiger partial charge in [-0.05, 0) is 0 Å². The van der Waals surface area contributed by atoms with E-state index in [0.717, 1.165) is 6.61 Å². The lowest BCUT2D eigenvalue weighted by Gasteiger charge is -2.13. The Morgan fingerprint density at radius 2 is 2.31 bits per heavy atom. The third-order valence-electron chi connectivity index (χ3n) is 1.53. The van der Waals surface area contributed by atoms with Crippen molar-refractivity contribution in [2.75, 3.05) is 6.61 Å². The summed E-state index contributed by atoms with van der Waals surface area (Å²) < 4.78 is 19.0. The number of rotatable bonds is 3. The number of ether oxygens (including phenoxy) is 1. The SMILES string of the molecule is O=P([O-])([OH2+])OC[C@H]1O[CH+]C(O)[C@@H]1O. The van der Waals surface area contributed by atoms with Crippen LogP contribution in [0.1, 0.15) is 0 Å². The second-order valence-electron chi connectivity index (χ2n) is 2.59. The van der Waals surface area contributed by atoms with Crippen molar-refractivity contribution in [1.29, 1.82) is 0 Å². The molecule has 1 saturated heterocycles. The largest absolute Gasteiger partial charge is 0.711 e. The van der Waals surface area contributed by atoms with E-state index >= 15 is 0 Å². The van der Waals surface area contributed by atoms with Crippen LogP contribution in [0, 0.1) is 6.61 Å². The van der Waals surface area contributed by atoms with Crippen LogP contribution >= 0.6 is 7.82 Å². The summed E-state index contributed by atoms with van der Waals surface area (Å²) in [5.74, 6) is 0. The smallest absolute Gasteiger partial charge is 0.425 e. The number of hydrogen-bond acceptors (Lipinski definition) is 6. The van der Waals surface area contributed by atoms with Gasteiger partial charge in [0.2, 0.25) is 0 Å². The topological polar surface area (TPSA) is 122 Å². The summed E-state index contributed by atoms with van der Waals surface area (Å²) in [6.07, 6.45) is -3.31. The van der Waals surface area contributed by atoms with Gasteiger partial charge in [0.1, 0.15) is 0 Å². The van der Waals surface area contributed by atoms with Crippen molar-refractivity contribution >= 4 is 7.82 Å². The Bertz CT molecular complexity index is 213. The summed E-state index contributed by atoms with van der Waals surface area (Å²) in [5.41, 5.74) is 0. The van der Waals surface area contributed by atoms with Crippen LogP contribution in [-0.4, -0.2) is 40.0 Å². The van der Waals surface area contributed by atoms with Crippen LogP contribution in [0.2, 0.25) is 0 Å². The second kappa shape index (κ2) is 3.93. The van der Waals surface area contributed by atoms with Crippen LogP contribution in [0.5, 0.6) is 0 Å². The van der Waals surface area contributed by atoms with Gasteiger partial charge < -0.3 is 20.0 Å². The molecule has 8 heteroatoms. The Morgan fingerprint density at radius 1 is 1.69 bits per heavy atom. The summed E-state index contributed by atoms with van der Waals surface area (Å²) in [5, 5.41) is 18.0. The van der Waals surface area contributed by atoms with Gasteiger partial charge in [0.05, 0.1) is 6.61 Å². The lowest BCUT2D eigenvalue weighted by atomic mass is 10.2. The molecule has 0 aliphatic carbocycles. The third-order valence-corrected chi connectivity index (χ3v) is 2.02. The molecule has 0 spiro atoms. The van der Waals surface area contributed by atoms with Gasteiger partial charge in [-0.15, -0.1) is 0 Å². The van der Waals surface area contributed by atoms with E-state index in [1.54, 1.807) is 0 Å². The number of hydrogen-bond donors (Lipinski definition) is 2. The quantitative estimate of drug-likeness (QED) is 0.303. The van der Waals surface area contributed by atoms with Gasteiger partial charge in [0.25, 0.3) is 12.7 Å². The van der Waals surface area contributed by atoms with E-state index in [1.807, 2.05) is 0 Å². The van der Waals surface area contributed by atoms with Crippen molar-refractivity contribution in [2.45, 2.75) is 18.3 Å². The Hall–Kier alpha value is -0.140. The van der Waals surface area contributed by atoms with Crippen molar-refractivity contribution in [3.63, 3.8) is 0 Å². The first-order chi connectivity index (χ1) is 5.90. The van der Waals surface area contributed by atoms with Crippen molar-refractivity contribution < 1.29 is 33.8 Å². The Balaban J connectivity index is 2.35. The molecule has 1 rings (SSSR count). The Labute approximate surface area is 74.1 Å². The van der Waals surface area contributed by atoms with Crippen molar-refractivity contribution in [3.05, 3.63) is 6.61 Å². The first-order valence-electron chi connectivity index (χ1n) is 3.46. The highest BCUT2D eigenvalue weighted by Gasteiger charge is 2.44. The van der Waals surface area contributed by atoms with Crippen LogP contribution in [0.3, 0.4) is 0 Å². The molecular weight excluding hydrogens is 203 g/mol. The highest BCUT2D eigenvalue weighted by molar-refractivity contribution is 7.44. The van der Waals surface area contributed by atoms with Crippen molar-refractivity contribution in [2.24, 2.45) is 0 Å². The molecule has 0 aromatic carbocycles. The Kier molecular flexibility index (Phi) is 3.31. The zero-order valence-corrected chi connectivity index (χ0v) is 7.39. The molecular formula is C5H10O7P+. The number of aliphatic hydroxyl groups is 2. The van der Waals surface area contributed by atoms with Gasteiger partial charge in [0.15, 0.2) is 12.2 Å². The van der Waals surface area contributed by atoms with E-state index in [2.05, 4.69) is 9.26 Å². The van der Waals surface area contributed by atoms with Crippen molar-refractivity contribution in [3.8, 4) is 0 Å². The normalized spacial score (nSPS) is 38.3. The van der Waals surface area contributed by atoms with Gasteiger partial charge in [-0.25, -0.2) is 4.57 Å². The predicted octanol–water partition coefficient (Wildman–Crippen LogP) is -2.52. The molecule has 2 unspecified atom stereocenters. The van der Waals surface area contributed by atoms with Gasteiger partial charge in [0, 0.05) is 0 Å². The Morgan fingerprint density at radius 3 is 2.69 bits per heavy atom. The highest BCUT2D eigenvalue weighted by Crippen LogP contribution is 2.32. The van der Waals surface area contributed by atoms with Gasteiger partial charge in [-0.2, -0.15) is 4.74 Å². The standard InChI is InChI=1S/C5H9O7P/c6-3-1-11-4(5(3)7)2-12-13(8,9)10/h1,3-7H,2H2,(H-,8,9,10)/p+1/t3?,4-,5+/m1/s1. The fraction of sp³-hybridized carbons (Fsp3) is 0.800. The van der Waals surface area contributed by atoms with Crippen LogP contribution in [0.4, 0.5) is 0 Å². The van der Waals surface area contributed by atoms with Crippen LogP contribution < -0.4 is 4.89 Å². The van der Waals surface area contributed by atoms with Gasteiger partial charge >= 0.3 is 7.82 Å². The zero-order valence-electron chi connectivity index (χ0n) is 6.49. The maximum Gasteiger partial charge on any atom is 0.425 e. The molecule has 1 heterocycles. The van der Waals surface area contributed by atoms with Crippen LogP contribution in [0.25, 0.3) is 0 Å². The third kappa shape index (κ3) is 3.24. The molecule has 76 valence electrons. The molecule has 0 radical (unpaired) electrons. The molecule has 4 atom stereocenters. The number of aliphatic hydroxyl groups excluding tert-OH is 2. The zero-order chi connectivity index (χ0) is 10.1. The molecule has 0 aromatic rings. The molecule has 0 aromatic heterocycles. The molecule has 0 amide bonds. The van der Waals surface area contributed by atoms with Gasteiger partial charge in [-0.3, -0.25) is 4.52 Å². The summed E-state index contributed by atoms with van der Waals surface area (Å²) in [6, 6.07) is 0. The van der Waals surface area contributed by atoms with E-state index in [9.17, 15) is 9.46 Å². The molecule has 1 fully saturated rings. The first-order valence-corrected chi connectivity index (χ1v) is 5.00. The summed E-state index contributed by atoms with van der Waals surface area (Å²) >= 11 is 0. The van der Waals surface area contributed by atoms with E-state index in [1.165, 1.54) is 0 Å². The molecule has 4 N–H and O–H groups in total. The maximum absolute atomic E-state index is 10.2. The highest BCUT2D eigenvalue weighted by atomic mass is 31.2. The molecule has 0 bridgehead atoms. The molecule has 0 saturated carbocycles. The summed E-state index contributed by atoms with van der Waals surface area (Å²) in [7, 11) is -4.55. The average Bonchev–Trinajstić information content (AvgIpc) is 2.29. The van der Waals surface area contributed by atoms with E-state index in [-0.39, 0.29) is 0 Å². The molecule has 1 aliphatic rings. The minimum atomic E-state index is -4.55. The van der Waals surface area contributed by atoms with E-state index < -0.39 is 32.7 Å². The molecule has 1 aliphatic heterocycles. The maximum atomic E-state index is 10.2. The average molecular weight is 213 g/mol. The summed E-state index contributed by atoms with van der Waals surface area (Å²) in [6.45, 7) is 0.511. The summed E-state index contributed by atoms with van der Waals surface area (Å²) in [4.78, 5) is 16.6. The first kappa shape index (κ1) is 10.9.